The molecule has 2 aliphatic heterocycles. The lowest BCUT2D eigenvalue weighted by Gasteiger charge is -2.56. The van der Waals surface area contributed by atoms with Crippen molar-refractivity contribution in [3.8, 4) is 0 Å². The van der Waals surface area contributed by atoms with Gasteiger partial charge in [-0.3, -0.25) is 14.0 Å². The lowest BCUT2D eigenvalue weighted by atomic mass is 9.48. The smallest absolute Gasteiger partial charge is 0.265 e. The summed E-state index contributed by atoms with van der Waals surface area (Å²) < 4.78 is 28.3. The van der Waals surface area contributed by atoms with Gasteiger partial charge in [-0.1, -0.05) is 24.3 Å². The molecule has 35 heavy (non-hydrogen) atoms. The van der Waals surface area contributed by atoms with Gasteiger partial charge >= 0.3 is 0 Å². The zero-order chi connectivity index (χ0) is 23.1. The number of benzene rings is 2. The van der Waals surface area contributed by atoms with Gasteiger partial charge in [0.25, 0.3) is 10.0 Å². The zero-order valence-electron chi connectivity index (χ0n) is 20.2. The Kier molecular flexibility index (Phi) is 5.74. The number of carbonyl (C=O) groups is 1. The highest BCUT2D eigenvalue weighted by Gasteiger charge is 2.54. The molecule has 0 N–H and O–H groups in total. The van der Waals surface area contributed by atoms with Crippen LogP contribution in [-0.2, 0) is 14.8 Å². The first-order chi connectivity index (χ1) is 16.4. The van der Waals surface area contributed by atoms with Crippen LogP contribution in [0.5, 0.6) is 0 Å². The first-order valence-corrected chi connectivity index (χ1v) is 14.7. The molecule has 6 aliphatic rings. The number of sulfonamides is 1. The van der Waals surface area contributed by atoms with Crippen LogP contribution in [0.2, 0.25) is 0 Å². The number of halogens is 1. The quantitative estimate of drug-likeness (QED) is 0.545. The molecule has 0 radical (unpaired) electrons. The van der Waals surface area contributed by atoms with E-state index in [1.54, 1.807) is 10.4 Å². The van der Waals surface area contributed by atoms with Gasteiger partial charge in [0.2, 0.25) is 0 Å². The summed E-state index contributed by atoms with van der Waals surface area (Å²) in [7, 11) is -3.49. The molecule has 5 fully saturated rings. The number of piperidine rings is 1. The Balaban J connectivity index is 0.00000229. The Hall–Kier alpha value is -1.63. The molecule has 2 heterocycles. The predicted octanol–water partition coefficient (Wildman–Crippen LogP) is 5.27. The molecule has 0 amide bonds. The van der Waals surface area contributed by atoms with Crippen LogP contribution in [0, 0.1) is 29.1 Å². The van der Waals surface area contributed by atoms with Gasteiger partial charge in [-0.15, -0.1) is 12.4 Å². The highest BCUT2D eigenvalue weighted by molar-refractivity contribution is 7.93. The molecular formula is C28H35ClN2O3S. The van der Waals surface area contributed by atoms with Crippen LogP contribution in [0.15, 0.2) is 41.3 Å². The molecule has 5 nitrogen and oxygen atoms in total. The third-order valence-electron chi connectivity index (χ3n) is 9.81. The Labute approximate surface area is 214 Å². The average molecular weight is 515 g/mol. The fourth-order valence-corrected chi connectivity index (χ4v) is 10.3. The van der Waals surface area contributed by atoms with Crippen LogP contribution in [0.3, 0.4) is 0 Å². The van der Waals surface area contributed by atoms with E-state index in [-0.39, 0.29) is 17.8 Å². The molecule has 0 aromatic heterocycles. The van der Waals surface area contributed by atoms with Crippen LogP contribution in [0.25, 0.3) is 10.8 Å². The zero-order valence-corrected chi connectivity index (χ0v) is 21.8. The van der Waals surface area contributed by atoms with Crippen molar-refractivity contribution in [1.82, 2.24) is 4.90 Å². The van der Waals surface area contributed by atoms with E-state index in [1.165, 1.54) is 19.3 Å². The maximum absolute atomic E-state index is 13.5. The summed E-state index contributed by atoms with van der Waals surface area (Å²) in [6.07, 6.45) is 9.45. The maximum Gasteiger partial charge on any atom is 0.265 e. The molecule has 1 saturated heterocycles. The number of carbonyl (C=O) groups excluding carboxylic acids is 1. The fourth-order valence-electron chi connectivity index (χ4n) is 8.54. The Bertz CT molecular complexity index is 1230. The molecule has 4 bridgehead atoms. The lowest BCUT2D eigenvalue weighted by molar-refractivity contribution is -0.145. The standard InChI is InChI=1S/C28H34N2O3S.ClH/c31-26(28-14-20-11-21(15-28)13-22(12-20)16-28)18-29-9-7-19(8-10-29)17-30-24-5-1-3-23-4-2-6-25(27(23)24)34(30,32)33;/h1-6,19-22H,7-18H2;1H. The summed E-state index contributed by atoms with van der Waals surface area (Å²) in [5.74, 6) is 3.24. The van der Waals surface area contributed by atoms with E-state index >= 15 is 0 Å². The lowest BCUT2D eigenvalue weighted by Crippen LogP contribution is -2.53. The molecule has 4 saturated carbocycles. The summed E-state index contributed by atoms with van der Waals surface area (Å²) >= 11 is 0. The first-order valence-electron chi connectivity index (χ1n) is 13.2. The van der Waals surface area contributed by atoms with Gasteiger partial charge in [0.1, 0.15) is 0 Å². The van der Waals surface area contributed by atoms with Crippen molar-refractivity contribution in [2.45, 2.75) is 56.3 Å². The molecular weight excluding hydrogens is 480 g/mol. The minimum absolute atomic E-state index is 0. The molecule has 4 aliphatic carbocycles. The number of hydrogen-bond donors (Lipinski definition) is 0. The maximum atomic E-state index is 13.5. The van der Waals surface area contributed by atoms with Crippen molar-refractivity contribution < 1.29 is 13.2 Å². The highest BCUT2D eigenvalue weighted by atomic mass is 35.5. The van der Waals surface area contributed by atoms with Gasteiger partial charge in [0, 0.05) is 17.3 Å². The van der Waals surface area contributed by atoms with Gasteiger partial charge in [-0.25, -0.2) is 8.42 Å². The Morgan fingerprint density at radius 1 is 0.914 bits per heavy atom. The number of ketones is 1. The molecule has 2 aromatic rings. The summed E-state index contributed by atoms with van der Waals surface area (Å²) in [4.78, 5) is 16.3. The molecule has 188 valence electrons. The molecule has 7 heteroatoms. The molecule has 8 rings (SSSR count). The second-order valence-electron chi connectivity index (χ2n) is 12.0. The SMILES string of the molecule is Cl.O=C(CN1CCC(CN2c3cccc4cccc(c34)S2(=O)=O)CC1)C12CC3CC(CC(C3)C1)C2. The van der Waals surface area contributed by atoms with Crippen molar-refractivity contribution in [2.75, 3.05) is 30.5 Å². The van der Waals surface area contributed by atoms with E-state index in [4.69, 9.17) is 0 Å². The molecule has 0 atom stereocenters. The van der Waals surface area contributed by atoms with Crippen LogP contribution in [0.1, 0.15) is 51.4 Å². The summed E-state index contributed by atoms with van der Waals surface area (Å²) in [5.41, 5.74) is 0.812. The van der Waals surface area contributed by atoms with Crippen molar-refractivity contribution in [1.29, 1.82) is 0 Å². The summed E-state index contributed by atoms with van der Waals surface area (Å²) in [6, 6.07) is 11.4. The second-order valence-corrected chi connectivity index (χ2v) is 13.8. The predicted molar refractivity (Wildman–Crippen MR) is 141 cm³/mol. The number of likely N-dealkylation sites (tertiary alicyclic amines) is 1. The van der Waals surface area contributed by atoms with Gasteiger partial charge in [-0.2, -0.15) is 0 Å². The fraction of sp³-hybridized carbons (Fsp3) is 0.607. The van der Waals surface area contributed by atoms with Crippen molar-refractivity contribution in [2.24, 2.45) is 29.1 Å². The number of Topliss-reactive ketones (excluding diaryl/α,β-unsaturated/α-hetero) is 1. The number of rotatable bonds is 5. The van der Waals surface area contributed by atoms with Crippen LogP contribution < -0.4 is 4.31 Å². The van der Waals surface area contributed by atoms with Crippen molar-refractivity contribution >= 4 is 44.7 Å². The number of nitrogens with zero attached hydrogens (tertiary/aromatic N) is 2. The molecule has 0 unspecified atom stereocenters. The van der Waals surface area contributed by atoms with Gasteiger partial charge in [0.05, 0.1) is 17.1 Å². The number of anilines is 1. The first kappa shape index (κ1) is 23.7. The van der Waals surface area contributed by atoms with E-state index < -0.39 is 10.0 Å². The largest absolute Gasteiger partial charge is 0.298 e. The van der Waals surface area contributed by atoms with Gasteiger partial charge in [0.15, 0.2) is 5.78 Å². The van der Waals surface area contributed by atoms with Gasteiger partial charge in [-0.05, 0) is 106 Å². The molecule has 2 aromatic carbocycles. The number of hydrogen-bond acceptors (Lipinski definition) is 4. The van der Waals surface area contributed by atoms with Crippen LogP contribution in [0.4, 0.5) is 5.69 Å². The van der Waals surface area contributed by atoms with Crippen LogP contribution in [-0.4, -0.2) is 45.3 Å². The van der Waals surface area contributed by atoms with E-state index in [9.17, 15) is 13.2 Å². The molecule has 0 spiro atoms. The van der Waals surface area contributed by atoms with E-state index in [1.807, 2.05) is 30.3 Å². The Morgan fingerprint density at radius 3 is 2.14 bits per heavy atom. The monoisotopic (exact) mass is 514 g/mol. The minimum Gasteiger partial charge on any atom is -0.298 e. The minimum atomic E-state index is -3.49. The Morgan fingerprint density at radius 2 is 1.51 bits per heavy atom. The van der Waals surface area contributed by atoms with Crippen molar-refractivity contribution in [3.63, 3.8) is 0 Å². The van der Waals surface area contributed by atoms with Crippen LogP contribution >= 0.6 is 12.4 Å². The highest BCUT2D eigenvalue weighted by Crippen LogP contribution is 2.60. The second kappa shape index (κ2) is 8.46. The van der Waals surface area contributed by atoms with Crippen molar-refractivity contribution in [3.05, 3.63) is 36.4 Å². The summed E-state index contributed by atoms with van der Waals surface area (Å²) in [6.45, 7) is 2.93. The van der Waals surface area contributed by atoms with E-state index in [0.717, 1.165) is 79.4 Å². The summed E-state index contributed by atoms with van der Waals surface area (Å²) in [5, 5.41) is 1.85. The third kappa shape index (κ3) is 3.74. The third-order valence-corrected chi connectivity index (χ3v) is 11.6. The van der Waals surface area contributed by atoms with E-state index in [2.05, 4.69) is 4.90 Å². The topological polar surface area (TPSA) is 57.7 Å². The van der Waals surface area contributed by atoms with E-state index in [0.29, 0.717) is 29.7 Å². The average Bonchev–Trinajstić information content (AvgIpc) is 3.03. The van der Waals surface area contributed by atoms with Gasteiger partial charge < -0.3 is 0 Å². The normalized spacial score (nSPS) is 33.3.